The van der Waals surface area contributed by atoms with Gasteiger partial charge in [-0.25, -0.2) is 4.79 Å². The number of rotatable bonds is 6. The third-order valence-electron chi connectivity index (χ3n) is 6.38. The van der Waals surface area contributed by atoms with Crippen LogP contribution in [0, 0.1) is 0 Å². The van der Waals surface area contributed by atoms with Crippen molar-refractivity contribution in [2.24, 2.45) is 0 Å². The van der Waals surface area contributed by atoms with Gasteiger partial charge in [-0.1, -0.05) is 49.7 Å². The van der Waals surface area contributed by atoms with Gasteiger partial charge in [-0.2, -0.15) is 13.2 Å². The SMILES string of the molecule is COc1ccc(C(C)C)cc1-c1ccc(C(F)(F)F)cc1CN1CC[C@@H](c2ccc(Cl)cc2)OC1=O. The number of ether oxygens (including phenoxy) is 2. The van der Waals surface area contributed by atoms with E-state index in [1.54, 1.807) is 24.3 Å². The third-order valence-corrected chi connectivity index (χ3v) is 6.63. The molecule has 3 aromatic carbocycles. The van der Waals surface area contributed by atoms with Gasteiger partial charge in [0.1, 0.15) is 11.9 Å². The summed E-state index contributed by atoms with van der Waals surface area (Å²) in [4.78, 5) is 14.3. The summed E-state index contributed by atoms with van der Waals surface area (Å²) >= 11 is 5.95. The zero-order valence-electron chi connectivity index (χ0n) is 20.2. The zero-order valence-corrected chi connectivity index (χ0v) is 21.0. The van der Waals surface area contributed by atoms with Gasteiger partial charge in [-0.05, 0) is 64.6 Å². The van der Waals surface area contributed by atoms with Crippen LogP contribution in [0.4, 0.5) is 18.0 Å². The summed E-state index contributed by atoms with van der Waals surface area (Å²) in [5.41, 5.74) is 2.70. The van der Waals surface area contributed by atoms with E-state index in [4.69, 9.17) is 21.1 Å². The normalized spacial score (nSPS) is 16.3. The van der Waals surface area contributed by atoms with E-state index >= 15 is 0 Å². The quantitative estimate of drug-likeness (QED) is 0.330. The number of amides is 1. The minimum Gasteiger partial charge on any atom is -0.496 e. The number of methoxy groups -OCH3 is 1. The second-order valence-corrected chi connectivity index (χ2v) is 9.55. The second kappa shape index (κ2) is 10.4. The standard InChI is InChI=1S/C28H27ClF3NO3/c1-17(2)19-6-11-26(35-3)24(15-19)23-10-7-21(28(30,31)32)14-20(23)16-33-13-12-25(36-27(33)34)18-4-8-22(29)9-5-18/h4-11,14-15,17,25H,12-13,16H2,1-3H3/t25-/m0/s1. The molecule has 1 saturated heterocycles. The van der Waals surface area contributed by atoms with Crippen LogP contribution < -0.4 is 4.74 Å². The molecule has 1 atom stereocenters. The lowest BCUT2D eigenvalue weighted by molar-refractivity contribution is -0.137. The highest BCUT2D eigenvalue weighted by molar-refractivity contribution is 6.30. The number of carbonyl (C=O) groups is 1. The molecule has 36 heavy (non-hydrogen) atoms. The maximum atomic E-state index is 13.6. The van der Waals surface area contributed by atoms with E-state index in [1.807, 2.05) is 32.0 Å². The van der Waals surface area contributed by atoms with Crippen molar-refractivity contribution in [2.45, 2.75) is 45.0 Å². The Balaban J connectivity index is 1.67. The number of benzene rings is 3. The fraction of sp³-hybridized carbons (Fsp3) is 0.321. The first-order valence-corrected chi connectivity index (χ1v) is 12.0. The van der Waals surface area contributed by atoms with Crippen molar-refractivity contribution < 1.29 is 27.4 Å². The molecule has 0 N–H and O–H groups in total. The fourth-order valence-corrected chi connectivity index (χ4v) is 4.47. The molecule has 3 aromatic rings. The van der Waals surface area contributed by atoms with E-state index in [9.17, 15) is 18.0 Å². The van der Waals surface area contributed by atoms with Crippen molar-refractivity contribution in [3.05, 3.63) is 87.9 Å². The second-order valence-electron chi connectivity index (χ2n) is 9.12. The number of hydrogen-bond donors (Lipinski definition) is 0. The molecule has 0 aliphatic carbocycles. The van der Waals surface area contributed by atoms with Crippen molar-refractivity contribution in [1.29, 1.82) is 0 Å². The monoisotopic (exact) mass is 517 g/mol. The van der Waals surface area contributed by atoms with Gasteiger partial charge in [-0.15, -0.1) is 0 Å². The van der Waals surface area contributed by atoms with Crippen LogP contribution in [0.2, 0.25) is 5.02 Å². The van der Waals surface area contributed by atoms with Crippen LogP contribution in [0.5, 0.6) is 5.75 Å². The molecule has 4 nitrogen and oxygen atoms in total. The van der Waals surface area contributed by atoms with Crippen LogP contribution >= 0.6 is 11.6 Å². The first kappa shape index (κ1) is 25.9. The van der Waals surface area contributed by atoms with E-state index in [2.05, 4.69) is 0 Å². The Morgan fingerprint density at radius 1 is 1.06 bits per heavy atom. The maximum absolute atomic E-state index is 13.6. The van der Waals surface area contributed by atoms with Crippen LogP contribution in [0.3, 0.4) is 0 Å². The van der Waals surface area contributed by atoms with E-state index in [1.165, 1.54) is 18.1 Å². The predicted octanol–water partition coefficient (Wildman–Crippen LogP) is 8.24. The third kappa shape index (κ3) is 5.62. The molecule has 0 bridgehead atoms. The van der Waals surface area contributed by atoms with Crippen LogP contribution in [0.25, 0.3) is 11.1 Å². The minimum atomic E-state index is -4.51. The van der Waals surface area contributed by atoms with Crippen LogP contribution in [0.15, 0.2) is 60.7 Å². The number of halogens is 4. The number of nitrogens with zero attached hydrogens (tertiary/aromatic N) is 1. The van der Waals surface area contributed by atoms with Crippen molar-refractivity contribution in [2.75, 3.05) is 13.7 Å². The topological polar surface area (TPSA) is 38.8 Å². The Labute approximate surface area is 213 Å². The molecular formula is C28H27ClF3NO3. The van der Waals surface area contributed by atoms with Crippen molar-refractivity contribution in [3.8, 4) is 16.9 Å². The summed E-state index contributed by atoms with van der Waals surface area (Å²) in [6, 6.07) is 16.4. The average molecular weight is 518 g/mol. The van der Waals surface area contributed by atoms with Gasteiger partial charge in [0.25, 0.3) is 0 Å². The fourth-order valence-electron chi connectivity index (χ4n) is 4.34. The molecular weight excluding hydrogens is 491 g/mol. The lowest BCUT2D eigenvalue weighted by atomic mass is 9.92. The minimum absolute atomic E-state index is 0.0273. The Kier molecular flexibility index (Phi) is 7.50. The van der Waals surface area contributed by atoms with Gasteiger partial charge >= 0.3 is 12.3 Å². The molecule has 4 rings (SSSR count). The van der Waals surface area contributed by atoms with Gasteiger partial charge in [-0.3, -0.25) is 0 Å². The molecule has 0 radical (unpaired) electrons. The lowest BCUT2D eigenvalue weighted by Crippen LogP contribution is -2.38. The van der Waals surface area contributed by atoms with Crippen molar-refractivity contribution in [1.82, 2.24) is 4.90 Å². The molecule has 0 unspecified atom stereocenters. The van der Waals surface area contributed by atoms with E-state index in [0.29, 0.717) is 40.4 Å². The molecule has 1 aliphatic heterocycles. The Hall–Kier alpha value is -3.19. The Morgan fingerprint density at radius 2 is 1.78 bits per heavy atom. The van der Waals surface area contributed by atoms with Crippen LogP contribution in [-0.2, 0) is 17.5 Å². The summed E-state index contributed by atoms with van der Waals surface area (Å²) in [6.07, 6.45) is -5.02. The van der Waals surface area contributed by atoms with Gasteiger partial charge in [0.05, 0.1) is 12.7 Å². The first-order chi connectivity index (χ1) is 17.1. The molecule has 0 spiro atoms. The molecule has 190 valence electrons. The summed E-state index contributed by atoms with van der Waals surface area (Å²) in [6.45, 7) is 4.39. The van der Waals surface area contributed by atoms with Gasteiger partial charge in [0.2, 0.25) is 0 Å². The van der Waals surface area contributed by atoms with E-state index in [-0.39, 0.29) is 12.5 Å². The highest BCUT2D eigenvalue weighted by atomic mass is 35.5. The number of carbonyl (C=O) groups excluding carboxylic acids is 1. The lowest BCUT2D eigenvalue weighted by Gasteiger charge is -2.32. The molecule has 1 aliphatic rings. The summed E-state index contributed by atoms with van der Waals surface area (Å²) in [5.74, 6) is 0.763. The van der Waals surface area contributed by atoms with Gasteiger partial charge in [0.15, 0.2) is 0 Å². The largest absolute Gasteiger partial charge is 0.496 e. The molecule has 8 heteroatoms. The number of cyclic esters (lactones) is 1. The van der Waals surface area contributed by atoms with E-state index in [0.717, 1.165) is 23.3 Å². The predicted molar refractivity (Wildman–Crippen MR) is 133 cm³/mol. The molecule has 0 saturated carbocycles. The van der Waals surface area contributed by atoms with Gasteiger partial charge < -0.3 is 14.4 Å². The molecule has 1 amide bonds. The van der Waals surface area contributed by atoms with E-state index < -0.39 is 23.9 Å². The molecule has 0 aromatic heterocycles. The van der Waals surface area contributed by atoms with Crippen molar-refractivity contribution >= 4 is 17.7 Å². The number of hydrogen-bond acceptors (Lipinski definition) is 3. The molecule has 1 fully saturated rings. The van der Waals surface area contributed by atoms with Crippen LogP contribution in [0.1, 0.15) is 54.5 Å². The number of alkyl halides is 3. The Bertz CT molecular complexity index is 1240. The van der Waals surface area contributed by atoms with Gasteiger partial charge in [0, 0.05) is 30.1 Å². The Morgan fingerprint density at radius 3 is 2.39 bits per heavy atom. The summed E-state index contributed by atoms with van der Waals surface area (Å²) in [5, 5.41) is 0.580. The zero-order chi connectivity index (χ0) is 26.0. The molecule has 1 heterocycles. The van der Waals surface area contributed by atoms with Crippen molar-refractivity contribution in [3.63, 3.8) is 0 Å². The smallest absolute Gasteiger partial charge is 0.416 e. The highest BCUT2D eigenvalue weighted by Crippen LogP contribution is 2.39. The maximum Gasteiger partial charge on any atom is 0.416 e. The summed E-state index contributed by atoms with van der Waals surface area (Å²) in [7, 11) is 1.52. The highest BCUT2D eigenvalue weighted by Gasteiger charge is 2.33. The van der Waals surface area contributed by atoms with Crippen LogP contribution in [-0.4, -0.2) is 24.6 Å². The average Bonchev–Trinajstić information content (AvgIpc) is 2.84. The first-order valence-electron chi connectivity index (χ1n) is 11.7. The summed E-state index contributed by atoms with van der Waals surface area (Å²) < 4.78 is 52.0.